The lowest BCUT2D eigenvalue weighted by molar-refractivity contribution is -0.142. The maximum atomic E-state index is 11.3. The van der Waals surface area contributed by atoms with Crippen LogP contribution in [0.2, 0.25) is 0 Å². The van der Waals surface area contributed by atoms with Crippen molar-refractivity contribution in [2.75, 3.05) is 7.11 Å². The highest BCUT2D eigenvalue weighted by Gasteiger charge is 2.12. The predicted octanol–water partition coefficient (Wildman–Crippen LogP) is 1.82. The second-order valence-electron chi connectivity index (χ2n) is 3.98. The lowest BCUT2D eigenvalue weighted by Crippen LogP contribution is -2.34. The Hall–Kier alpha value is -1.81. The molecule has 0 saturated heterocycles. The van der Waals surface area contributed by atoms with E-state index in [0.29, 0.717) is 6.54 Å². The number of aromatic amines is 1. The molecule has 0 amide bonds. The molecule has 1 atom stereocenters. The van der Waals surface area contributed by atoms with Gasteiger partial charge in [-0.25, -0.2) is 0 Å². The van der Waals surface area contributed by atoms with Crippen LogP contribution in [-0.4, -0.2) is 24.1 Å². The predicted molar refractivity (Wildman–Crippen MR) is 66.6 cm³/mol. The Morgan fingerprint density at radius 3 is 3.06 bits per heavy atom. The van der Waals surface area contributed by atoms with Crippen molar-refractivity contribution in [2.24, 2.45) is 0 Å². The normalized spacial score (nSPS) is 12.6. The summed E-state index contributed by atoms with van der Waals surface area (Å²) in [6.45, 7) is 2.44. The minimum Gasteiger partial charge on any atom is -0.468 e. The number of esters is 1. The lowest BCUT2D eigenvalue weighted by atomic mass is 10.1. The van der Waals surface area contributed by atoms with Crippen molar-refractivity contribution in [3.05, 3.63) is 36.0 Å². The summed E-state index contributed by atoms with van der Waals surface area (Å²) < 4.78 is 4.67. The minimum atomic E-state index is -0.297. The fourth-order valence-electron chi connectivity index (χ4n) is 1.83. The van der Waals surface area contributed by atoms with Crippen LogP contribution < -0.4 is 5.32 Å². The maximum absolute atomic E-state index is 11.3. The third-order valence-electron chi connectivity index (χ3n) is 2.84. The number of hydrogen-bond donors (Lipinski definition) is 2. The Balaban J connectivity index is 2.09. The van der Waals surface area contributed by atoms with Gasteiger partial charge in [-0.2, -0.15) is 0 Å². The maximum Gasteiger partial charge on any atom is 0.322 e. The topological polar surface area (TPSA) is 54.1 Å². The van der Waals surface area contributed by atoms with E-state index in [0.717, 1.165) is 5.52 Å². The summed E-state index contributed by atoms with van der Waals surface area (Å²) in [5.74, 6) is -0.244. The van der Waals surface area contributed by atoms with Crippen LogP contribution >= 0.6 is 0 Å². The molecule has 2 N–H and O–H groups in total. The Kier molecular flexibility index (Phi) is 3.44. The molecular weight excluding hydrogens is 216 g/mol. The summed E-state index contributed by atoms with van der Waals surface area (Å²) in [4.78, 5) is 14.4. The van der Waals surface area contributed by atoms with E-state index in [1.54, 1.807) is 6.92 Å². The summed E-state index contributed by atoms with van der Waals surface area (Å²) >= 11 is 0. The molecule has 4 heteroatoms. The number of methoxy groups -OCH3 is 1. The Morgan fingerprint density at radius 1 is 1.47 bits per heavy atom. The van der Waals surface area contributed by atoms with Gasteiger partial charge >= 0.3 is 5.97 Å². The van der Waals surface area contributed by atoms with Crippen molar-refractivity contribution in [3.63, 3.8) is 0 Å². The van der Waals surface area contributed by atoms with Crippen LogP contribution in [0.15, 0.2) is 30.5 Å². The molecule has 0 spiro atoms. The number of hydrogen-bond acceptors (Lipinski definition) is 3. The third-order valence-corrected chi connectivity index (χ3v) is 2.84. The SMILES string of the molecule is COC(=O)[C@H](C)NCc1cccc2[nH]ccc12. The van der Waals surface area contributed by atoms with E-state index in [2.05, 4.69) is 15.0 Å². The first-order chi connectivity index (χ1) is 8.22. The van der Waals surface area contributed by atoms with Gasteiger partial charge in [0.1, 0.15) is 6.04 Å². The van der Waals surface area contributed by atoms with E-state index in [1.807, 2.05) is 30.5 Å². The molecule has 0 unspecified atom stereocenters. The molecule has 0 bridgehead atoms. The van der Waals surface area contributed by atoms with Gasteiger partial charge < -0.3 is 15.0 Å². The van der Waals surface area contributed by atoms with Gasteiger partial charge in [0.15, 0.2) is 0 Å². The number of rotatable bonds is 4. The van der Waals surface area contributed by atoms with E-state index in [9.17, 15) is 4.79 Å². The summed E-state index contributed by atoms with van der Waals surface area (Å²) in [5, 5.41) is 4.32. The fraction of sp³-hybridized carbons (Fsp3) is 0.308. The van der Waals surface area contributed by atoms with Crippen LogP contribution in [0, 0.1) is 0 Å². The average molecular weight is 232 g/mol. The highest BCUT2D eigenvalue weighted by molar-refractivity contribution is 5.83. The van der Waals surface area contributed by atoms with E-state index >= 15 is 0 Å². The van der Waals surface area contributed by atoms with Crippen LogP contribution in [0.5, 0.6) is 0 Å². The summed E-state index contributed by atoms with van der Waals surface area (Å²) in [7, 11) is 1.40. The second-order valence-corrected chi connectivity index (χ2v) is 3.98. The number of nitrogens with one attached hydrogen (secondary N) is 2. The Bertz CT molecular complexity index is 519. The average Bonchev–Trinajstić information content (AvgIpc) is 2.83. The first-order valence-corrected chi connectivity index (χ1v) is 5.58. The summed E-state index contributed by atoms with van der Waals surface area (Å²) in [6.07, 6.45) is 1.91. The molecule has 1 aromatic carbocycles. The van der Waals surface area contributed by atoms with Gasteiger partial charge in [-0.1, -0.05) is 12.1 Å². The van der Waals surface area contributed by atoms with Crippen LogP contribution in [0.25, 0.3) is 10.9 Å². The third kappa shape index (κ3) is 2.47. The number of aromatic nitrogens is 1. The number of ether oxygens (including phenoxy) is 1. The molecule has 0 aliphatic carbocycles. The van der Waals surface area contributed by atoms with Crippen LogP contribution in [0.1, 0.15) is 12.5 Å². The zero-order valence-electron chi connectivity index (χ0n) is 9.99. The lowest BCUT2D eigenvalue weighted by Gasteiger charge is -2.11. The number of H-pyrrole nitrogens is 1. The molecule has 0 aliphatic rings. The van der Waals surface area contributed by atoms with E-state index in [4.69, 9.17) is 0 Å². The summed E-state index contributed by atoms with van der Waals surface area (Å²) in [6, 6.07) is 7.82. The van der Waals surface area contributed by atoms with Crippen molar-refractivity contribution >= 4 is 16.9 Å². The Morgan fingerprint density at radius 2 is 2.29 bits per heavy atom. The molecule has 0 radical (unpaired) electrons. The van der Waals surface area contributed by atoms with Crippen molar-refractivity contribution in [1.29, 1.82) is 0 Å². The molecule has 90 valence electrons. The highest BCUT2D eigenvalue weighted by Crippen LogP contribution is 2.17. The first-order valence-electron chi connectivity index (χ1n) is 5.58. The van der Waals surface area contributed by atoms with Gasteiger partial charge in [-0.3, -0.25) is 4.79 Å². The molecule has 0 aliphatic heterocycles. The van der Waals surface area contributed by atoms with Crippen molar-refractivity contribution in [3.8, 4) is 0 Å². The van der Waals surface area contributed by atoms with Crippen LogP contribution in [-0.2, 0) is 16.1 Å². The molecule has 0 fully saturated rings. The van der Waals surface area contributed by atoms with Crippen molar-refractivity contribution < 1.29 is 9.53 Å². The molecule has 1 heterocycles. The number of carbonyl (C=O) groups is 1. The van der Waals surface area contributed by atoms with Gasteiger partial charge in [0.2, 0.25) is 0 Å². The first kappa shape index (κ1) is 11.7. The van der Waals surface area contributed by atoms with Crippen LogP contribution in [0.4, 0.5) is 0 Å². The number of benzene rings is 1. The molecule has 1 aromatic heterocycles. The molecule has 4 nitrogen and oxygen atoms in total. The van der Waals surface area contributed by atoms with Crippen LogP contribution in [0.3, 0.4) is 0 Å². The van der Waals surface area contributed by atoms with E-state index in [1.165, 1.54) is 18.1 Å². The molecule has 0 saturated carbocycles. The van der Waals surface area contributed by atoms with Gasteiger partial charge in [-0.05, 0) is 24.6 Å². The molecular formula is C13H16N2O2. The van der Waals surface area contributed by atoms with Crippen molar-refractivity contribution in [2.45, 2.75) is 19.5 Å². The second kappa shape index (κ2) is 5.01. The zero-order valence-corrected chi connectivity index (χ0v) is 9.99. The molecule has 2 aromatic rings. The number of carbonyl (C=O) groups excluding carboxylic acids is 1. The Labute approximate surface area is 100.0 Å². The van der Waals surface area contributed by atoms with Gasteiger partial charge in [0.05, 0.1) is 7.11 Å². The molecule has 2 rings (SSSR count). The standard InChI is InChI=1S/C13H16N2O2/c1-9(13(16)17-2)15-8-10-4-3-5-12-11(10)6-7-14-12/h3-7,9,14-15H,8H2,1-2H3/t9-/m0/s1. The van der Waals surface area contributed by atoms with Gasteiger partial charge in [0, 0.05) is 23.6 Å². The smallest absolute Gasteiger partial charge is 0.322 e. The highest BCUT2D eigenvalue weighted by atomic mass is 16.5. The monoisotopic (exact) mass is 232 g/mol. The fourth-order valence-corrected chi connectivity index (χ4v) is 1.83. The summed E-state index contributed by atoms with van der Waals surface area (Å²) in [5.41, 5.74) is 2.27. The molecule has 17 heavy (non-hydrogen) atoms. The zero-order chi connectivity index (χ0) is 12.3. The number of fused-ring (bicyclic) bond motifs is 1. The largest absolute Gasteiger partial charge is 0.468 e. The quantitative estimate of drug-likeness (QED) is 0.791. The van der Waals surface area contributed by atoms with Gasteiger partial charge in [-0.15, -0.1) is 0 Å². The van der Waals surface area contributed by atoms with E-state index < -0.39 is 0 Å². The van der Waals surface area contributed by atoms with E-state index in [-0.39, 0.29) is 12.0 Å². The minimum absolute atomic E-state index is 0.244. The van der Waals surface area contributed by atoms with Gasteiger partial charge in [0.25, 0.3) is 0 Å². The van der Waals surface area contributed by atoms with Crippen molar-refractivity contribution in [1.82, 2.24) is 10.3 Å².